The summed E-state index contributed by atoms with van der Waals surface area (Å²) in [5.74, 6) is 0.938. The van der Waals surface area contributed by atoms with Gasteiger partial charge in [-0.2, -0.15) is 4.98 Å². The normalized spacial score (nSPS) is 25.2. The summed E-state index contributed by atoms with van der Waals surface area (Å²) < 4.78 is 3.19. The van der Waals surface area contributed by atoms with Gasteiger partial charge >= 0.3 is 0 Å². The Morgan fingerprint density at radius 1 is 1.20 bits per heavy atom. The van der Waals surface area contributed by atoms with Crippen LogP contribution in [0.2, 0.25) is 0 Å². The second kappa shape index (κ2) is 5.81. The summed E-state index contributed by atoms with van der Waals surface area (Å²) in [4.78, 5) is 11.7. The van der Waals surface area contributed by atoms with Gasteiger partial charge in [0, 0.05) is 16.7 Å². The van der Waals surface area contributed by atoms with Crippen molar-refractivity contribution in [2.75, 3.05) is 4.90 Å². The van der Waals surface area contributed by atoms with Crippen LogP contribution in [0.5, 0.6) is 0 Å². The van der Waals surface area contributed by atoms with E-state index >= 15 is 0 Å². The smallest absolute Gasteiger partial charge is 0.209 e. The number of hydrogen-bond donors (Lipinski definition) is 1. The van der Waals surface area contributed by atoms with E-state index < -0.39 is 0 Å². The number of hydrogen-bond acceptors (Lipinski definition) is 4. The zero-order valence-corrected chi connectivity index (χ0v) is 15.3. The number of nitrogens with zero attached hydrogens (tertiary/aromatic N) is 4. The monoisotopic (exact) mass is 398 g/mol. The quantitative estimate of drug-likeness (QED) is 0.734. The molecule has 2 aliphatic rings. The van der Waals surface area contributed by atoms with Crippen LogP contribution in [0.25, 0.3) is 11.2 Å². The van der Waals surface area contributed by atoms with Crippen LogP contribution in [0.4, 0.5) is 5.95 Å². The molecule has 2 aliphatic heterocycles. The standard InChI is InChI=1S/C19H19BrN4O/c20-13-8-16-18(21-10-13)22-19(23(16)11-12-4-2-1-3-5-12)24-14-6-7-15(24)17(25)9-14/h1-5,8,10,14-15,17,25H,6-7,9,11H2. The lowest BCUT2D eigenvalue weighted by atomic mass is 9.98. The summed E-state index contributed by atoms with van der Waals surface area (Å²) in [6.45, 7) is 0.747. The van der Waals surface area contributed by atoms with E-state index in [2.05, 4.69) is 60.7 Å². The highest BCUT2D eigenvalue weighted by atomic mass is 79.9. The van der Waals surface area contributed by atoms with Crippen molar-refractivity contribution < 1.29 is 5.11 Å². The van der Waals surface area contributed by atoms with Gasteiger partial charge in [-0.05, 0) is 46.8 Å². The third kappa shape index (κ3) is 2.47. The van der Waals surface area contributed by atoms with Gasteiger partial charge in [0.25, 0.3) is 0 Å². The number of fused-ring (bicyclic) bond motifs is 3. The molecular formula is C19H19BrN4O. The maximum atomic E-state index is 10.3. The Balaban J connectivity index is 1.66. The Labute approximate surface area is 154 Å². The molecule has 3 atom stereocenters. The minimum atomic E-state index is -0.247. The molecule has 1 N–H and O–H groups in total. The predicted molar refractivity (Wildman–Crippen MR) is 101 cm³/mol. The number of imidazole rings is 1. The zero-order valence-electron chi connectivity index (χ0n) is 13.7. The molecule has 0 radical (unpaired) electrons. The summed E-state index contributed by atoms with van der Waals surface area (Å²) in [5, 5.41) is 10.3. The summed E-state index contributed by atoms with van der Waals surface area (Å²) in [6.07, 6.45) is 4.56. The van der Waals surface area contributed by atoms with Crippen LogP contribution in [-0.4, -0.2) is 37.8 Å². The number of aliphatic hydroxyl groups excluding tert-OH is 1. The van der Waals surface area contributed by atoms with Crippen LogP contribution in [-0.2, 0) is 6.54 Å². The molecule has 1 aromatic carbocycles. The fourth-order valence-electron chi connectivity index (χ4n) is 4.36. The zero-order chi connectivity index (χ0) is 17.0. The number of halogens is 1. The lowest BCUT2D eigenvalue weighted by molar-refractivity contribution is 0.147. The maximum Gasteiger partial charge on any atom is 0.209 e. The molecule has 0 saturated carbocycles. The van der Waals surface area contributed by atoms with Gasteiger partial charge in [0.05, 0.1) is 24.2 Å². The van der Waals surface area contributed by atoms with Crippen LogP contribution in [0.15, 0.2) is 47.1 Å². The largest absolute Gasteiger partial charge is 0.391 e. The van der Waals surface area contributed by atoms with Crippen molar-refractivity contribution in [3.8, 4) is 0 Å². The van der Waals surface area contributed by atoms with Gasteiger partial charge < -0.3 is 14.6 Å². The molecule has 3 unspecified atom stereocenters. The van der Waals surface area contributed by atoms with Crippen molar-refractivity contribution in [3.63, 3.8) is 0 Å². The lowest BCUT2D eigenvalue weighted by Crippen LogP contribution is -2.34. The predicted octanol–water partition coefficient (Wildman–Crippen LogP) is 3.34. The van der Waals surface area contributed by atoms with Gasteiger partial charge in [0.15, 0.2) is 5.65 Å². The molecule has 6 heteroatoms. The lowest BCUT2D eigenvalue weighted by Gasteiger charge is -2.24. The van der Waals surface area contributed by atoms with Crippen LogP contribution < -0.4 is 4.90 Å². The number of rotatable bonds is 3. The van der Waals surface area contributed by atoms with Gasteiger partial charge in [-0.15, -0.1) is 0 Å². The van der Waals surface area contributed by atoms with Crippen molar-refractivity contribution >= 4 is 33.0 Å². The minimum absolute atomic E-state index is 0.180. The number of pyridine rings is 1. The van der Waals surface area contributed by atoms with E-state index in [9.17, 15) is 5.11 Å². The highest BCUT2D eigenvalue weighted by Gasteiger charge is 2.47. The van der Waals surface area contributed by atoms with Crippen molar-refractivity contribution in [2.45, 2.75) is 44.0 Å². The minimum Gasteiger partial charge on any atom is -0.391 e. The SMILES string of the molecule is OC1CC2CCC1N2c1nc2ncc(Br)cc2n1Cc1ccccc1. The molecule has 0 amide bonds. The first kappa shape index (κ1) is 15.3. The molecule has 2 fully saturated rings. The molecule has 25 heavy (non-hydrogen) atoms. The van der Waals surface area contributed by atoms with Gasteiger partial charge in [0.2, 0.25) is 5.95 Å². The topological polar surface area (TPSA) is 54.2 Å². The Morgan fingerprint density at radius 2 is 2.04 bits per heavy atom. The van der Waals surface area contributed by atoms with E-state index in [1.165, 1.54) is 5.56 Å². The third-order valence-corrected chi connectivity index (χ3v) is 5.90. The van der Waals surface area contributed by atoms with E-state index in [1.807, 2.05) is 6.07 Å². The summed E-state index contributed by atoms with van der Waals surface area (Å²) in [7, 11) is 0. The molecule has 2 bridgehead atoms. The van der Waals surface area contributed by atoms with Crippen LogP contribution >= 0.6 is 15.9 Å². The Morgan fingerprint density at radius 3 is 2.76 bits per heavy atom. The van der Waals surface area contributed by atoms with Crippen molar-refractivity contribution in [1.29, 1.82) is 0 Å². The number of anilines is 1. The average Bonchev–Trinajstić information content (AvgIpc) is 3.26. The Bertz CT molecular complexity index is 926. The summed E-state index contributed by atoms with van der Waals surface area (Å²) in [6, 6.07) is 13.1. The number of aromatic nitrogens is 3. The van der Waals surface area contributed by atoms with E-state index in [4.69, 9.17) is 4.98 Å². The molecule has 2 aromatic heterocycles. The van der Waals surface area contributed by atoms with Gasteiger partial charge in [0.1, 0.15) is 0 Å². The van der Waals surface area contributed by atoms with Crippen LogP contribution in [0.1, 0.15) is 24.8 Å². The summed E-state index contributed by atoms with van der Waals surface area (Å²) >= 11 is 3.53. The molecule has 3 aromatic rings. The van der Waals surface area contributed by atoms with Crippen molar-refractivity contribution in [1.82, 2.24) is 14.5 Å². The highest BCUT2D eigenvalue weighted by Crippen LogP contribution is 2.41. The molecule has 5 rings (SSSR count). The maximum absolute atomic E-state index is 10.3. The van der Waals surface area contributed by atoms with Gasteiger partial charge in [-0.25, -0.2) is 4.98 Å². The van der Waals surface area contributed by atoms with E-state index in [0.717, 1.165) is 47.4 Å². The molecule has 2 saturated heterocycles. The first-order valence-corrected chi connectivity index (χ1v) is 9.52. The molecule has 4 heterocycles. The molecule has 128 valence electrons. The molecule has 5 nitrogen and oxygen atoms in total. The van der Waals surface area contributed by atoms with Gasteiger partial charge in [-0.1, -0.05) is 30.3 Å². The van der Waals surface area contributed by atoms with E-state index in [1.54, 1.807) is 6.20 Å². The molecular weight excluding hydrogens is 380 g/mol. The number of benzene rings is 1. The van der Waals surface area contributed by atoms with Crippen molar-refractivity contribution in [2.24, 2.45) is 0 Å². The fraction of sp³-hybridized carbons (Fsp3) is 0.368. The highest BCUT2D eigenvalue weighted by molar-refractivity contribution is 9.10. The average molecular weight is 399 g/mol. The summed E-state index contributed by atoms with van der Waals surface area (Å²) in [5.41, 5.74) is 3.01. The number of aliphatic hydroxyl groups is 1. The van der Waals surface area contributed by atoms with Gasteiger partial charge in [-0.3, -0.25) is 0 Å². The Hall–Kier alpha value is -1.92. The molecule has 0 aliphatic carbocycles. The first-order chi connectivity index (χ1) is 12.2. The second-order valence-electron chi connectivity index (χ2n) is 6.99. The van der Waals surface area contributed by atoms with Crippen molar-refractivity contribution in [3.05, 3.63) is 52.6 Å². The second-order valence-corrected chi connectivity index (χ2v) is 7.90. The molecule has 0 spiro atoms. The third-order valence-electron chi connectivity index (χ3n) is 5.47. The van der Waals surface area contributed by atoms with E-state index in [0.29, 0.717) is 6.04 Å². The Kier molecular flexibility index (Phi) is 3.57. The fourth-order valence-corrected chi connectivity index (χ4v) is 4.68. The van der Waals surface area contributed by atoms with E-state index in [-0.39, 0.29) is 12.1 Å². The first-order valence-electron chi connectivity index (χ1n) is 8.73. The van der Waals surface area contributed by atoms with Crippen LogP contribution in [0, 0.1) is 0 Å². The van der Waals surface area contributed by atoms with Crippen LogP contribution in [0.3, 0.4) is 0 Å².